The number of pyridine rings is 1. The van der Waals surface area contributed by atoms with Crippen molar-refractivity contribution < 1.29 is 4.74 Å². The molecule has 1 aromatic rings. The van der Waals surface area contributed by atoms with Gasteiger partial charge in [-0.2, -0.15) is 0 Å². The Labute approximate surface area is 98.2 Å². The van der Waals surface area contributed by atoms with Crippen molar-refractivity contribution in [3.05, 3.63) is 21.5 Å². The third-order valence-corrected chi connectivity index (χ3v) is 2.80. The Balaban J connectivity index is 2.27. The summed E-state index contributed by atoms with van der Waals surface area (Å²) >= 11 is 2.27. The van der Waals surface area contributed by atoms with Crippen molar-refractivity contribution in [2.24, 2.45) is 0 Å². The summed E-state index contributed by atoms with van der Waals surface area (Å²) in [7, 11) is 0. The summed E-state index contributed by atoms with van der Waals surface area (Å²) < 4.78 is 6.97. The predicted octanol–water partition coefficient (Wildman–Crippen LogP) is 3.35. The minimum atomic E-state index is 0.431. The molecule has 0 aromatic carbocycles. The molecule has 0 N–H and O–H groups in total. The molecule has 1 heterocycles. The number of nitrogens with zero attached hydrogens (tertiary/aromatic N) is 1. The zero-order valence-electron chi connectivity index (χ0n) is 8.46. The number of aromatic nitrogens is 1. The fourth-order valence-corrected chi connectivity index (χ4v) is 1.75. The summed E-state index contributed by atoms with van der Waals surface area (Å²) in [5.41, 5.74) is 1.08. The van der Waals surface area contributed by atoms with E-state index in [0.717, 1.165) is 15.0 Å². The largest absolute Gasteiger partial charge is 0.488 e. The Bertz CT molecular complexity index is 334. The van der Waals surface area contributed by atoms with E-state index in [1.54, 1.807) is 0 Å². The molecule has 0 bridgehead atoms. The molecule has 2 nitrogen and oxygen atoms in total. The van der Waals surface area contributed by atoms with Crippen LogP contribution in [0.3, 0.4) is 0 Å². The summed E-state index contributed by atoms with van der Waals surface area (Å²) in [5, 5.41) is 0. The zero-order chi connectivity index (χ0) is 10.1. The van der Waals surface area contributed by atoms with E-state index in [0.29, 0.717) is 12.0 Å². The van der Waals surface area contributed by atoms with Gasteiger partial charge in [-0.05, 0) is 47.4 Å². The van der Waals surface area contributed by atoms with Gasteiger partial charge in [-0.1, -0.05) is 13.8 Å². The third-order valence-electron chi connectivity index (χ3n) is 2.21. The van der Waals surface area contributed by atoms with E-state index in [9.17, 15) is 0 Å². The second-order valence-electron chi connectivity index (χ2n) is 4.01. The Morgan fingerprint density at radius 3 is 2.79 bits per heavy atom. The topological polar surface area (TPSA) is 22.1 Å². The second kappa shape index (κ2) is 4.04. The van der Waals surface area contributed by atoms with Crippen LogP contribution in [0.4, 0.5) is 0 Å². The molecule has 0 unspecified atom stereocenters. The molecule has 76 valence electrons. The number of ether oxygens (including phenoxy) is 1. The van der Waals surface area contributed by atoms with Gasteiger partial charge in [-0.15, -0.1) is 0 Å². The van der Waals surface area contributed by atoms with E-state index in [4.69, 9.17) is 4.74 Å². The summed E-state index contributed by atoms with van der Waals surface area (Å²) in [6, 6.07) is 2.08. The van der Waals surface area contributed by atoms with Gasteiger partial charge in [0.25, 0.3) is 0 Å². The van der Waals surface area contributed by atoms with Crippen LogP contribution in [0.15, 0.2) is 12.3 Å². The number of hydrogen-bond acceptors (Lipinski definition) is 2. The highest BCUT2D eigenvalue weighted by atomic mass is 127. The van der Waals surface area contributed by atoms with E-state index < -0.39 is 0 Å². The normalized spacial score (nSPS) is 16.0. The van der Waals surface area contributed by atoms with Crippen LogP contribution in [0, 0.1) is 3.57 Å². The molecule has 1 aliphatic rings. The third kappa shape index (κ3) is 2.38. The van der Waals surface area contributed by atoms with Crippen molar-refractivity contribution in [2.45, 2.75) is 38.7 Å². The van der Waals surface area contributed by atoms with Crippen molar-refractivity contribution in [2.75, 3.05) is 0 Å². The monoisotopic (exact) mass is 303 g/mol. The second-order valence-corrected chi connectivity index (χ2v) is 5.25. The molecule has 1 fully saturated rings. The SMILES string of the molecule is CC(C)c1ncc(I)cc1OC1CC1. The van der Waals surface area contributed by atoms with Gasteiger partial charge in [0, 0.05) is 9.77 Å². The van der Waals surface area contributed by atoms with Gasteiger partial charge in [-0.25, -0.2) is 0 Å². The summed E-state index contributed by atoms with van der Waals surface area (Å²) in [5.74, 6) is 1.41. The van der Waals surface area contributed by atoms with Crippen LogP contribution in [-0.2, 0) is 0 Å². The highest BCUT2D eigenvalue weighted by Crippen LogP contribution is 2.32. The summed E-state index contributed by atoms with van der Waals surface area (Å²) in [6.45, 7) is 4.30. The minimum Gasteiger partial charge on any atom is -0.488 e. The van der Waals surface area contributed by atoms with Gasteiger partial charge in [-0.3, -0.25) is 4.98 Å². The lowest BCUT2D eigenvalue weighted by Gasteiger charge is -2.12. The Hall–Kier alpha value is -0.320. The van der Waals surface area contributed by atoms with E-state index in [1.165, 1.54) is 12.8 Å². The molecular weight excluding hydrogens is 289 g/mol. The highest BCUT2D eigenvalue weighted by Gasteiger charge is 2.25. The lowest BCUT2D eigenvalue weighted by atomic mass is 10.1. The number of rotatable bonds is 3. The zero-order valence-corrected chi connectivity index (χ0v) is 10.6. The lowest BCUT2D eigenvalue weighted by Crippen LogP contribution is -2.03. The van der Waals surface area contributed by atoms with Gasteiger partial charge in [0.2, 0.25) is 0 Å². The van der Waals surface area contributed by atoms with Gasteiger partial charge in [0.15, 0.2) is 0 Å². The molecule has 14 heavy (non-hydrogen) atoms. The van der Waals surface area contributed by atoms with E-state index in [2.05, 4.69) is 47.5 Å². The fourth-order valence-electron chi connectivity index (χ4n) is 1.32. The van der Waals surface area contributed by atoms with Crippen LogP contribution >= 0.6 is 22.6 Å². The van der Waals surface area contributed by atoms with Crippen LogP contribution in [0.1, 0.15) is 38.3 Å². The minimum absolute atomic E-state index is 0.431. The average molecular weight is 303 g/mol. The van der Waals surface area contributed by atoms with Crippen molar-refractivity contribution >= 4 is 22.6 Å². The first-order chi connectivity index (χ1) is 6.66. The number of halogens is 1. The average Bonchev–Trinajstić information content (AvgIpc) is 2.87. The smallest absolute Gasteiger partial charge is 0.142 e. The molecular formula is C11H14INO. The van der Waals surface area contributed by atoms with Gasteiger partial charge in [0.05, 0.1) is 11.8 Å². The quantitative estimate of drug-likeness (QED) is 0.799. The predicted molar refractivity (Wildman–Crippen MR) is 64.7 cm³/mol. The highest BCUT2D eigenvalue weighted by molar-refractivity contribution is 14.1. The van der Waals surface area contributed by atoms with Crippen LogP contribution < -0.4 is 4.74 Å². The Morgan fingerprint density at radius 1 is 1.50 bits per heavy atom. The lowest BCUT2D eigenvalue weighted by molar-refractivity contribution is 0.296. The molecule has 0 aliphatic heterocycles. The first-order valence-corrected chi connectivity index (χ1v) is 6.07. The maximum atomic E-state index is 5.83. The van der Waals surface area contributed by atoms with Crippen molar-refractivity contribution in [3.8, 4) is 5.75 Å². The first kappa shape index (κ1) is 10.2. The molecule has 1 aromatic heterocycles. The van der Waals surface area contributed by atoms with Crippen LogP contribution in [-0.4, -0.2) is 11.1 Å². The molecule has 0 spiro atoms. The van der Waals surface area contributed by atoms with E-state index >= 15 is 0 Å². The maximum Gasteiger partial charge on any atom is 0.142 e. The standard InChI is InChI=1S/C11H14INO/c1-7(2)11-10(14-9-3-4-9)5-8(12)6-13-11/h5-7,9H,3-4H2,1-2H3. The molecule has 0 amide bonds. The Kier molecular flexibility index (Phi) is 2.95. The summed E-state index contributed by atoms with van der Waals surface area (Å²) in [6.07, 6.45) is 4.74. The van der Waals surface area contributed by atoms with Gasteiger partial charge >= 0.3 is 0 Å². The fraction of sp³-hybridized carbons (Fsp3) is 0.545. The molecule has 1 aliphatic carbocycles. The van der Waals surface area contributed by atoms with Crippen molar-refractivity contribution in [1.82, 2.24) is 4.98 Å². The van der Waals surface area contributed by atoms with Crippen molar-refractivity contribution in [1.29, 1.82) is 0 Å². The molecule has 0 atom stereocenters. The van der Waals surface area contributed by atoms with Gasteiger partial charge < -0.3 is 4.74 Å². The van der Waals surface area contributed by atoms with Crippen LogP contribution in [0.25, 0.3) is 0 Å². The molecule has 2 rings (SSSR count). The molecule has 1 saturated carbocycles. The van der Waals surface area contributed by atoms with Crippen LogP contribution in [0.2, 0.25) is 0 Å². The van der Waals surface area contributed by atoms with Crippen LogP contribution in [0.5, 0.6) is 5.75 Å². The molecule has 3 heteroatoms. The summed E-state index contributed by atoms with van der Waals surface area (Å²) in [4.78, 5) is 4.43. The van der Waals surface area contributed by atoms with Crippen molar-refractivity contribution in [3.63, 3.8) is 0 Å². The molecule has 0 saturated heterocycles. The Morgan fingerprint density at radius 2 is 2.21 bits per heavy atom. The van der Waals surface area contributed by atoms with E-state index in [1.807, 2.05) is 6.20 Å². The first-order valence-electron chi connectivity index (χ1n) is 4.99. The van der Waals surface area contributed by atoms with Gasteiger partial charge in [0.1, 0.15) is 5.75 Å². The number of hydrogen-bond donors (Lipinski definition) is 0. The maximum absolute atomic E-state index is 5.83. The molecule has 0 radical (unpaired) electrons. The van der Waals surface area contributed by atoms with E-state index in [-0.39, 0.29) is 0 Å².